The SMILES string of the molecule is CCCC(C(=O)On1c(O)ccc1O)C1SC[C@@H]2NC(=O)N[C@H]12. The minimum atomic E-state index is -0.534. The molecular weight excluding hydrogens is 322 g/mol. The second kappa shape index (κ2) is 6.23. The molecule has 2 saturated heterocycles. The van der Waals surface area contributed by atoms with Crippen molar-refractivity contribution < 1.29 is 24.6 Å². The van der Waals surface area contributed by atoms with E-state index in [4.69, 9.17) is 4.84 Å². The number of carbonyl (C=O) groups is 2. The van der Waals surface area contributed by atoms with Gasteiger partial charge in [-0.25, -0.2) is 9.59 Å². The number of amides is 2. The van der Waals surface area contributed by atoms with Crippen LogP contribution in [0.3, 0.4) is 0 Å². The van der Waals surface area contributed by atoms with Crippen molar-refractivity contribution in [3.05, 3.63) is 12.1 Å². The highest BCUT2D eigenvalue weighted by atomic mass is 32.2. The molecule has 2 aliphatic heterocycles. The first-order chi connectivity index (χ1) is 11.0. The summed E-state index contributed by atoms with van der Waals surface area (Å²) in [7, 11) is 0. The number of thioether (sulfide) groups is 1. The summed E-state index contributed by atoms with van der Waals surface area (Å²) >= 11 is 1.62. The highest BCUT2D eigenvalue weighted by molar-refractivity contribution is 8.00. The first-order valence-corrected chi connectivity index (χ1v) is 8.56. The summed E-state index contributed by atoms with van der Waals surface area (Å²) in [5.74, 6) is -0.936. The van der Waals surface area contributed by atoms with E-state index in [1.165, 1.54) is 12.1 Å². The van der Waals surface area contributed by atoms with E-state index in [1.807, 2.05) is 6.92 Å². The van der Waals surface area contributed by atoms with Crippen LogP contribution in [0.1, 0.15) is 19.8 Å². The predicted octanol–water partition coefficient (Wildman–Crippen LogP) is 0.436. The maximum atomic E-state index is 12.6. The van der Waals surface area contributed by atoms with E-state index in [2.05, 4.69) is 10.6 Å². The molecule has 3 heterocycles. The molecule has 23 heavy (non-hydrogen) atoms. The molecule has 0 aromatic carbocycles. The number of aromatic hydroxyl groups is 2. The maximum absolute atomic E-state index is 12.6. The van der Waals surface area contributed by atoms with Gasteiger partial charge in [-0.2, -0.15) is 11.8 Å². The van der Waals surface area contributed by atoms with E-state index < -0.39 is 11.9 Å². The lowest BCUT2D eigenvalue weighted by Gasteiger charge is -2.25. The van der Waals surface area contributed by atoms with Crippen molar-refractivity contribution in [2.24, 2.45) is 5.92 Å². The van der Waals surface area contributed by atoms with Crippen LogP contribution in [0.25, 0.3) is 0 Å². The predicted molar refractivity (Wildman–Crippen MR) is 83.2 cm³/mol. The summed E-state index contributed by atoms with van der Waals surface area (Å²) in [6, 6.07) is 2.15. The van der Waals surface area contributed by atoms with E-state index in [0.717, 1.165) is 12.2 Å². The molecule has 126 valence electrons. The van der Waals surface area contributed by atoms with Gasteiger partial charge in [0.05, 0.1) is 18.0 Å². The van der Waals surface area contributed by atoms with Gasteiger partial charge in [0.1, 0.15) is 0 Å². The molecule has 1 aromatic heterocycles. The molecule has 0 saturated carbocycles. The number of aromatic nitrogens is 1. The molecule has 2 fully saturated rings. The van der Waals surface area contributed by atoms with E-state index in [9.17, 15) is 19.8 Å². The molecule has 0 bridgehead atoms. The van der Waals surface area contributed by atoms with Gasteiger partial charge in [0.2, 0.25) is 11.8 Å². The van der Waals surface area contributed by atoms with Crippen LogP contribution in [0.15, 0.2) is 12.1 Å². The highest BCUT2D eigenvalue weighted by Crippen LogP contribution is 2.37. The zero-order valence-electron chi connectivity index (χ0n) is 12.6. The van der Waals surface area contributed by atoms with Gasteiger partial charge in [-0.15, -0.1) is 4.73 Å². The summed E-state index contributed by atoms with van der Waals surface area (Å²) in [5.41, 5.74) is 0. The van der Waals surface area contributed by atoms with Gasteiger partial charge in [-0.05, 0) is 6.42 Å². The quantitative estimate of drug-likeness (QED) is 0.578. The Morgan fingerprint density at radius 3 is 2.78 bits per heavy atom. The van der Waals surface area contributed by atoms with Crippen LogP contribution in [0.4, 0.5) is 4.79 Å². The van der Waals surface area contributed by atoms with Crippen LogP contribution in [-0.2, 0) is 4.79 Å². The lowest BCUT2D eigenvalue weighted by molar-refractivity contribution is -0.150. The van der Waals surface area contributed by atoms with E-state index in [1.54, 1.807) is 11.8 Å². The molecule has 2 unspecified atom stereocenters. The van der Waals surface area contributed by atoms with Crippen LogP contribution in [0.2, 0.25) is 0 Å². The van der Waals surface area contributed by atoms with Gasteiger partial charge in [-0.3, -0.25) is 0 Å². The third kappa shape index (κ3) is 2.92. The molecule has 4 atom stereocenters. The lowest BCUT2D eigenvalue weighted by Crippen LogP contribution is -2.44. The van der Waals surface area contributed by atoms with Gasteiger partial charge in [0.15, 0.2) is 0 Å². The van der Waals surface area contributed by atoms with Gasteiger partial charge in [0, 0.05) is 23.1 Å². The van der Waals surface area contributed by atoms with Gasteiger partial charge >= 0.3 is 12.0 Å². The largest absolute Gasteiger partial charge is 0.492 e. The van der Waals surface area contributed by atoms with Crippen molar-refractivity contribution in [2.45, 2.75) is 37.1 Å². The fraction of sp³-hybridized carbons (Fsp3) is 0.571. The lowest BCUT2D eigenvalue weighted by atomic mass is 9.92. The first kappa shape index (κ1) is 15.9. The Kier molecular flexibility index (Phi) is 4.29. The van der Waals surface area contributed by atoms with E-state index in [0.29, 0.717) is 11.2 Å². The average molecular weight is 341 g/mol. The fourth-order valence-electron chi connectivity index (χ4n) is 3.07. The Hall–Kier alpha value is -2.03. The van der Waals surface area contributed by atoms with Crippen LogP contribution < -0.4 is 15.5 Å². The van der Waals surface area contributed by atoms with Crippen molar-refractivity contribution in [1.82, 2.24) is 15.4 Å². The smallest absolute Gasteiger partial charge is 0.337 e. The maximum Gasteiger partial charge on any atom is 0.337 e. The number of carbonyl (C=O) groups excluding carboxylic acids is 2. The summed E-state index contributed by atoms with van der Waals surface area (Å²) in [4.78, 5) is 29.2. The topological polar surface area (TPSA) is 113 Å². The molecular formula is C14H19N3O5S. The monoisotopic (exact) mass is 341 g/mol. The fourth-order valence-corrected chi connectivity index (χ4v) is 4.74. The molecule has 2 aliphatic rings. The highest BCUT2D eigenvalue weighted by Gasteiger charge is 2.48. The second-order valence-corrected chi connectivity index (χ2v) is 6.91. The molecule has 9 heteroatoms. The Morgan fingerprint density at radius 2 is 2.13 bits per heavy atom. The van der Waals surface area contributed by atoms with Crippen LogP contribution in [0, 0.1) is 5.92 Å². The molecule has 4 N–H and O–H groups in total. The third-order valence-corrected chi connectivity index (χ3v) is 5.71. The number of nitrogens with zero attached hydrogens (tertiary/aromatic N) is 1. The molecule has 0 aliphatic carbocycles. The first-order valence-electron chi connectivity index (χ1n) is 7.51. The Morgan fingerprint density at radius 1 is 1.43 bits per heavy atom. The van der Waals surface area contributed by atoms with Crippen molar-refractivity contribution >= 4 is 23.8 Å². The van der Waals surface area contributed by atoms with Crippen LogP contribution in [-0.4, -0.2) is 50.0 Å². The summed E-state index contributed by atoms with van der Waals surface area (Å²) in [5, 5.41) is 24.8. The van der Waals surface area contributed by atoms with Crippen molar-refractivity contribution in [3.63, 3.8) is 0 Å². The van der Waals surface area contributed by atoms with Crippen molar-refractivity contribution in [1.29, 1.82) is 0 Å². The standard InChI is InChI=1S/C14H19N3O5S/c1-2-3-7(12-11-8(6-23-12)15-14(21)16-11)13(20)22-17-9(18)4-5-10(17)19/h4-5,7-8,11-12,18-19H,2-3,6H2,1H3,(H2,15,16,21)/t7?,8-,11-,12?/m0/s1. The summed E-state index contributed by atoms with van der Waals surface area (Å²) in [6.07, 6.45) is 1.37. The van der Waals surface area contributed by atoms with Crippen molar-refractivity contribution in [3.8, 4) is 11.8 Å². The Bertz CT molecular complexity index is 600. The second-order valence-electron chi connectivity index (χ2n) is 5.70. The molecule has 3 rings (SSSR count). The number of hydrogen-bond acceptors (Lipinski definition) is 6. The number of hydrogen-bond donors (Lipinski definition) is 4. The van der Waals surface area contributed by atoms with Gasteiger partial charge in [0.25, 0.3) is 0 Å². The Labute approximate surface area is 137 Å². The third-order valence-electron chi connectivity index (χ3n) is 4.15. The minimum absolute atomic E-state index is 0.0121. The summed E-state index contributed by atoms with van der Waals surface area (Å²) < 4.78 is 0.702. The number of nitrogens with one attached hydrogen (secondary N) is 2. The molecule has 2 amide bonds. The summed E-state index contributed by atoms with van der Waals surface area (Å²) in [6.45, 7) is 1.97. The van der Waals surface area contributed by atoms with Gasteiger partial charge < -0.3 is 25.7 Å². The molecule has 0 radical (unpaired) electrons. The van der Waals surface area contributed by atoms with E-state index >= 15 is 0 Å². The average Bonchev–Trinajstić information content (AvgIpc) is 3.14. The Balaban J connectivity index is 1.76. The zero-order chi connectivity index (χ0) is 16.6. The molecule has 0 spiro atoms. The number of fused-ring (bicyclic) bond motifs is 1. The van der Waals surface area contributed by atoms with Crippen LogP contribution >= 0.6 is 11.8 Å². The molecule has 1 aromatic rings. The number of urea groups is 1. The normalized spacial score (nSPS) is 27.2. The van der Waals surface area contributed by atoms with Gasteiger partial charge in [-0.1, -0.05) is 13.3 Å². The zero-order valence-corrected chi connectivity index (χ0v) is 13.4. The number of rotatable bonds is 5. The van der Waals surface area contributed by atoms with Crippen molar-refractivity contribution in [2.75, 3.05) is 5.75 Å². The molecule has 8 nitrogen and oxygen atoms in total. The van der Waals surface area contributed by atoms with Crippen LogP contribution in [0.5, 0.6) is 11.8 Å². The van der Waals surface area contributed by atoms with E-state index in [-0.39, 0.29) is 35.1 Å². The minimum Gasteiger partial charge on any atom is -0.492 e.